The molecule has 0 fully saturated rings. The van der Waals surface area contributed by atoms with Crippen molar-refractivity contribution < 1.29 is 28.6 Å². The summed E-state index contributed by atoms with van der Waals surface area (Å²) in [7, 11) is 1.29. The second-order valence-electron chi connectivity index (χ2n) is 6.16. The molecule has 2 N–H and O–H groups in total. The Morgan fingerprint density at radius 3 is 1.88 bits per heavy atom. The second-order valence-corrected chi connectivity index (χ2v) is 6.16. The molecule has 0 heterocycles. The smallest absolute Gasteiger partial charge is 0.306 e. The average Bonchev–Trinajstić information content (AvgIpc) is 2.52. The van der Waals surface area contributed by atoms with Crippen molar-refractivity contribution in [1.82, 2.24) is 10.6 Å². The van der Waals surface area contributed by atoms with Gasteiger partial charge in [0.15, 0.2) is 0 Å². The maximum Gasteiger partial charge on any atom is 0.306 e. The third kappa shape index (κ3) is 12.8. The predicted octanol–water partition coefficient (Wildman–Crippen LogP) is 0.251. The number of hydrogen-bond acceptors (Lipinski definition) is 6. The van der Waals surface area contributed by atoms with Gasteiger partial charge in [-0.05, 0) is 0 Å². The summed E-state index contributed by atoms with van der Waals surface area (Å²) in [6.45, 7) is 8.02. The van der Waals surface area contributed by atoms with E-state index in [1.54, 1.807) is 0 Å². The molecule has 0 saturated heterocycles. The normalized spacial score (nSPS) is 11.0. The number of hydrogen-bond donors (Lipinski definition) is 2. The number of nitrogens with one attached hydrogen (secondary N) is 2. The lowest BCUT2D eigenvalue weighted by atomic mass is 9.96. The van der Waals surface area contributed by atoms with Crippen LogP contribution in [0.2, 0.25) is 0 Å². The van der Waals surface area contributed by atoms with Crippen LogP contribution in [-0.4, -0.2) is 64.4 Å². The van der Waals surface area contributed by atoms with Gasteiger partial charge in [-0.3, -0.25) is 14.4 Å². The first-order valence-electron chi connectivity index (χ1n) is 8.04. The molecule has 0 aliphatic rings. The summed E-state index contributed by atoms with van der Waals surface area (Å²) in [4.78, 5) is 33.8. The Morgan fingerprint density at radius 2 is 1.38 bits per heavy atom. The number of carbonyl (C=O) groups is 3. The average molecular weight is 346 g/mol. The predicted molar refractivity (Wildman–Crippen MR) is 88.4 cm³/mol. The topological polar surface area (TPSA) is 103 Å². The van der Waals surface area contributed by atoms with Crippen LogP contribution in [0.5, 0.6) is 0 Å². The molecule has 0 saturated carbocycles. The number of carbonyl (C=O) groups excluding carboxylic acids is 3. The van der Waals surface area contributed by atoms with Crippen LogP contribution in [0.3, 0.4) is 0 Å². The van der Waals surface area contributed by atoms with Crippen molar-refractivity contribution in [1.29, 1.82) is 0 Å². The summed E-state index contributed by atoms with van der Waals surface area (Å²) in [5.74, 6) is -0.627. The van der Waals surface area contributed by atoms with E-state index in [2.05, 4.69) is 15.4 Å². The number of esters is 1. The first-order valence-corrected chi connectivity index (χ1v) is 8.04. The molecule has 0 aliphatic heterocycles. The number of rotatable bonds is 12. The monoisotopic (exact) mass is 346 g/mol. The molecule has 140 valence electrons. The van der Waals surface area contributed by atoms with Crippen molar-refractivity contribution >= 4 is 17.8 Å². The first kappa shape index (κ1) is 22.3. The van der Waals surface area contributed by atoms with Crippen LogP contribution >= 0.6 is 0 Å². The van der Waals surface area contributed by atoms with Crippen LogP contribution in [0.1, 0.15) is 33.6 Å². The highest BCUT2D eigenvalue weighted by molar-refractivity contribution is 5.81. The Kier molecular flexibility index (Phi) is 11.8. The summed E-state index contributed by atoms with van der Waals surface area (Å²) >= 11 is 0. The van der Waals surface area contributed by atoms with E-state index in [1.165, 1.54) is 7.11 Å². The third-order valence-corrected chi connectivity index (χ3v) is 2.94. The number of ether oxygens (including phenoxy) is 3. The Bertz CT molecular complexity index is 393. The fourth-order valence-electron chi connectivity index (χ4n) is 1.49. The van der Waals surface area contributed by atoms with Crippen LogP contribution in [0.4, 0.5) is 0 Å². The Hall–Kier alpha value is -1.67. The Balaban J connectivity index is 3.35. The van der Waals surface area contributed by atoms with E-state index < -0.39 is 11.4 Å². The summed E-state index contributed by atoms with van der Waals surface area (Å²) in [5, 5.41) is 5.43. The van der Waals surface area contributed by atoms with E-state index in [4.69, 9.17) is 9.47 Å². The maximum absolute atomic E-state index is 11.6. The van der Waals surface area contributed by atoms with Gasteiger partial charge in [0.1, 0.15) is 0 Å². The highest BCUT2D eigenvalue weighted by Gasteiger charge is 2.20. The number of methoxy groups -OCH3 is 1. The van der Waals surface area contributed by atoms with Crippen molar-refractivity contribution in [2.24, 2.45) is 5.41 Å². The fraction of sp³-hybridized carbons (Fsp3) is 0.812. The minimum atomic E-state index is -0.405. The molecular formula is C16H30N2O6. The zero-order valence-corrected chi connectivity index (χ0v) is 15.1. The summed E-state index contributed by atoms with van der Waals surface area (Å²) in [6.07, 6.45) is 0.179. The van der Waals surface area contributed by atoms with Crippen LogP contribution < -0.4 is 10.6 Å². The van der Waals surface area contributed by atoms with E-state index in [-0.39, 0.29) is 24.7 Å². The fourth-order valence-corrected chi connectivity index (χ4v) is 1.49. The summed E-state index contributed by atoms with van der Waals surface area (Å²) in [6, 6.07) is 0. The molecule has 0 bridgehead atoms. The minimum absolute atomic E-state index is 0.00899. The number of amides is 2. The van der Waals surface area contributed by atoms with Crippen molar-refractivity contribution in [3.63, 3.8) is 0 Å². The van der Waals surface area contributed by atoms with Crippen molar-refractivity contribution in [3.8, 4) is 0 Å². The van der Waals surface area contributed by atoms with E-state index in [0.29, 0.717) is 39.5 Å². The molecule has 0 aromatic carbocycles. The van der Waals surface area contributed by atoms with Gasteiger partial charge in [0, 0.05) is 24.9 Å². The molecule has 24 heavy (non-hydrogen) atoms. The molecule has 0 aromatic rings. The van der Waals surface area contributed by atoms with E-state index in [0.717, 1.165) is 0 Å². The molecule has 2 amide bonds. The lowest BCUT2D eigenvalue weighted by Gasteiger charge is -2.17. The quantitative estimate of drug-likeness (QED) is 0.388. The van der Waals surface area contributed by atoms with Gasteiger partial charge in [0.2, 0.25) is 11.8 Å². The molecule has 8 heteroatoms. The zero-order valence-electron chi connectivity index (χ0n) is 15.1. The Labute approximate surface area is 143 Å². The van der Waals surface area contributed by atoms with Gasteiger partial charge in [-0.2, -0.15) is 0 Å². The van der Waals surface area contributed by atoms with E-state index in [9.17, 15) is 14.4 Å². The molecule has 0 atom stereocenters. The van der Waals surface area contributed by atoms with E-state index >= 15 is 0 Å². The Morgan fingerprint density at radius 1 is 0.833 bits per heavy atom. The van der Waals surface area contributed by atoms with Crippen molar-refractivity contribution in [2.75, 3.05) is 46.6 Å². The van der Waals surface area contributed by atoms with Gasteiger partial charge in [-0.15, -0.1) is 0 Å². The van der Waals surface area contributed by atoms with Crippen molar-refractivity contribution in [2.45, 2.75) is 33.6 Å². The largest absolute Gasteiger partial charge is 0.469 e. The molecule has 0 aliphatic carbocycles. The van der Waals surface area contributed by atoms with Gasteiger partial charge in [-0.25, -0.2) is 0 Å². The SMILES string of the molecule is COC(=O)CCC(=O)NCCOCCOCCNC(=O)C(C)(C)C. The molecule has 8 nitrogen and oxygen atoms in total. The van der Waals surface area contributed by atoms with Gasteiger partial charge in [-0.1, -0.05) is 20.8 Å². The minimum Gasteiger partial charge on any atom is -0.469 e. The molecule has 0 unspecified atom stereocenters. The third-order valence-electron chi connectivity index (χ3n) is 2.94. The zero-order chi connectivity index (χ0) is 18.4. The van der Waals surface area contributed by atoms with Gasteiger partial charge < -0.3 is 24.8 Å². The molecule has 0 spiro atoms. The molecule has 0 aromatic heterocycles. The summed E-state index contributed by atoms with van der Waals surface area (Å²) < 4.78 is 15.1. The maximum atomic E-state index is 11.6. The van der Waals surface area contributed by atoms with E-state index in [1.807, 2.05) is 20.8 Å². The molecular weight excluding hydrogens is 316 g/mol. The van der Waals surface area contributed by atoms with Crippen LogP contribution in [0.25, 0.3) is 0 Å². The summed E-state index contributed by atoms with van der Waals surface area (Å²) in [5.41, 5.74) is -0.398. The highest BCUT2D eigenvalue weighted by atomic mass is 16.5. The van der Waals surface area contributed by atoms with Gasteiger partial charge in [0.05, 0.1) is 40.0 Å². The standard InChI is InChI=1S/C16H30N2O6/c1-16(2,3)15(21)18-8-10-24-12-11-23-9-7-17-13(19)5-6-14(20)22-4/h5-12H2,1-4H3,(H,17,19)(H,18,21). The van der Waals surface area contributed by atoms with Crippen LogP contribution in [-0.2, 0) is 28.6 Å². The first-order chi connectivity index (χ1) is 11.3. The van der Waals surface area contributed by atoms with Gasteiger partial charge >= 0.3 is 5.97 Å². The second kappa shape index (κ2) is 12.7. The van der Waals surface area contributed by atoms with Crippen molar-refractivity contribution in [3.05, 3.63) is 0 Å². The molecule has 0 rings (SSSR count). The van der Waals surface area contributed by atoms with Gasteiger partial charge in [0.25, 0.3) is 0 Å². The van der Waals surface area contributed by atoms with Crippen LogP contribution in [0.15, 0.2) is 0 Å². The highest BCUT2D eigenvalue weighted by Crippen LogP contribution is 2.11. The lowest BCUT2D eigenvalue weighted by molar-refractivity contribution is -0.142. The lowest BCUT2D eigenvalue weighted by Crippen LogP contribution is -2.36. The van der Waals surface area contributed by atoms with Crippen LogP contribution in [0, 0.1) is 5.41 Å². The molecule has 0 radical (unpaired) electrons.